The highest BCUT2D eigenvalue weighted by Gasteiger charge is 2.52. The average molecular weight is 255 g/mol. The van der Waals surface area contributed by atoms with Crippen LogP contribution in [0.2, 0.25) is 5.02 Å². The van der Waals surface area contributed by atoms with E-state index in [0.29, 0.717) is 10.5 Å². The Morgan fingerprint density at radius 3 is 2.12 bits per heavy atom. The molecule has 1 aromatic carbocycles. The standard InChI is InChI=1S/C12H16BClO3/c1-11(2)12(3,4)17-13(16-11)10-8(14)6-5-7-9(10)15/h5-7,15H,1-4H3. The van der Waals surface area contributed by atoms with Crippen LogP contribution in [-0.4, -0.2) is 23.4 Å². The fourth-order valence-corrected chi connectivity index (χ4v) is 1.98. The van der Waals surface area contributed by atoms with Gasteiger partial charge in [-0.3, -0.25) is 0 Å². The molecule has 0 amide bonds. The zero-order valence-electron chi connectivity index (χ0n) is 10.5. The molecule has 1 saturated heterocycles. The van der Waals surface area contributed by atoms with Crippen molar-refractivity contribution >= 4 is 24.2 Å². The smallest absolute Gasteiger partial charge is 0.500 e. The Bertz CT molecular complexity index is 409. The Morgan fingerprint density at radius 1 is 1.12 bits per heavy atom. The second-order valence-electron chi connectivity index (χ2n) is 5.26. The monoisotopic (exact) mass is 254 g/mol. The molecule has 0 aromatic heterocycles. The van der Waals surface area contributed by atoms with Gasteiger partial charge in [0, 0.05) is 10.5 Å². The van der Waals surface area contributed by atoms with Gasteiger partial charge in [0.25, 0.3) is 0 Å². The summed E-state index contributed by atoms with van der Waals surface area (Å²) in [5.74, 6) is 0.0935. The van der Waals surface area contributed by atoms with Crippen LogP contribution in [0.25, 0.3) is 0 Å². The molecular weight excluding hydrogens is 238 g/mol. The van der Waals surface area contributed by atoms with Crippen LogP contribution < -0.4 is 5.46 Å². The van der Waals surface area contributed by atoms with Crippen molar-refractivity contribution in [3.8, 4) is 5.75 Å². The van der Waals surface area contributed by atoms with Gasteiger partial charge in [0.15, 0.2) is 0 Å². The van der Waals surface area contributed by atoms with Crippen molar-refractivity contribution in [3.05, 3.63) is 23.2 Å². The molecular formula is C12H16BClO3. The van der Waals surface area contributed by atoms with E-state index in [9.17, 15) is 5.11 Å². The molecule has 1 fully saturated rings. The maximum Gasteiger partial charge on any atom is 0.500 e. The third-order valence-electron chi connectivity index (χ3n) is 3.52. The number of phenols is 1. The average Bonchev–Trinajstić information content (AvgIpc) is 2.35. The molecule has 92 valence electrons. The molecule has 0 saturated carbocycles. The van der Waals surface area contributed by atoms with Gasteiger partial charge in [-0.05, 0) is 39.8 Å². The molecule has 0 radical (unpaired) electrons. The van der Waals surface area contributed by atoms with Crippen molar-refractivity contribution in [2.24, 2.45) is 0 Å². The van der Waals surface area contributed by atoms with Crippen molar-refractivity contribution in [1.82, 2.24) is 0 Å². The maximum atomic E-state index is 9.85. The van der Waals surface area contributed by atoms with Crippen LogP contribution in [0.4, 0.5) is 0 Å². The predicted molar refractivity (Wildman–Crippen MR) is 68.8 cm³/mol. The Hall–Kier alpha value is -0.705. The SMILES string of the molecule is CC1(C)OB(c2c(O)cccc2Cl)OC1(C)C. The number of phenolic OH excluding ortho intramolecular Hbond substituents is 1. The summed E-state index contributed by atoms with van der Waals surface area (Å²) >= 11 is 6.08. The van der Waals surface area contributed by atoms with E-state index in [1.54, 1.807) is 18.2 Å². The third kappa shape index (κ3) is 2.05. The number of hydrogen-bond acceptors (Lipinski definition) is 3. The lowest BCUT2D eigenvalue weighted by atomic mass is 9.78. The highest BCUT2D eigenvalue weighted by atomic mass is 35.5. The minimum absolute atomic E-state index is 0.0935. The fourth-order valence-electron chi connectivity index (χ4n) is 1.72. The van der Waals surface area contributed by atoms with Crippen LogP contribution in [0, 0.1) is 0 Å². The summed E-state index contributed by atoms with van der Waals surface area (Å²) in [4.78, 5) is 0. The summed E-state index contributed by atoms with van der Waals surface area (Å²) in [6.45, 7) is 7.84. The van der Waals surface area contributed by atoms with E-state index in [2.05, 4.69) is 0 Å². The second kappa shape index (κ2) is 3.90. The first kappa shape index (κ1) is 12.7. The van der Waals surface area contributed by atoms with Gasteiger partial charge in [-0.25, -0.2) is 0 Å². The number of aromatic hydroxyl groups is 1. The van der Waals surface area contributed by atoms with Crippen LogP contribution in [0.1, 0.15) is 27.7 Å². The molecule has 17 heavy (non-hydrogen) atoms. The third-order valence-corrected chi connectivity index (χ3v) is 3.85. The molecule has 0 atom stereocenters. The van der Waals surface area contributed by atoms with Gasteiger partial charge in [0.05, 0.1) is 11.2 Å². The van der Waals surface area contributed by atoms with Crippen LogP contribution in [0.5, 0.6) is 5.75 Å². The molecule has 1 heterocycles. The minimum Gasteiger partial charge on any atom is -0.508 e. The van der Waals surface area contributed by atoms with Crippen molar-refractivity contribution in [1.29, 1.82) is 0 Å². The Morgan fingerprint density at radius 2 is 1.65 bits per heavy atom. The van der Waals surface area contributed by atoms with E-state index >= 15 is 0 Å². The topological polar surface area (TPSA) is 38.7 Å². The number of halogens is 1. The molecule has 1 aliphatic heterocycles. The molecule has 2 rings (SSSR count). The lowest BCUT2D eigenvalue weighted by Gasteiger charge is -2.32. The molecule has 3 nitrogen and oxygen atoms in total. The molecule has 5 heteroatoms. The number of benzene rings is 1. The summed E-state index contributed by atoms with van der Waals surface area (Å²) in [6.07, 6.45) is 0. The van der Waals surface area contributed by atoms with E-state index in [1.165, 1.54) is 0 Å². The molecule has 0 bridgehead atoms. The van der Waals surface area contributed by atoms with Crippen molar-refractivity contribution in [2.45, 2.75) is 38.9 Å². The zero-order valence-corrected chi connectivity index (χ0v) is 11.2. The highest BCUT2D eigenvalue weighted by Crippen LogP contribution is 2.37. The minimum atomic E-state index is -0.631. The quantitative estimate of drug-likeness (QED) is 0.782. The van der Waals surface area contributed by atoms with Crippen LogP contribution in [0.3, 0.4) is 0 Å². The molecule has 0 aliphatic carbocycles. The van der Waals surface area contributed by atoms with Gasteiger partial charge >= 0.3 is 7.12 Å². The van der Waals surface area contributed by atoms with Gasteiger partial charge in [-0.2, -0.15) is 0 Å². The number of rotatable bonds is 1. The first-order valence-electron chi connectivity index (χ1n) is 5.57. The van der Waals surface area contributed by atoms with E-state index in [1.807, 2.05) is 27.7 Å². The summed E-state index contributed by atoms with van der Waals surface area (Å²) in [5, 5.41) is 10.3. The zero-order chi connectivity index (χ0) is 12.8. The van der Waals surface area contributed by atoms with Gasteiger partial charge in [-0.1, -0.05) is 17.7 Å². The van der Waals surface area contributed by atoms with Crippen LogP contribution in [0.15, 0.2) is 18.2 Å². The molecule has 1 aliphatic rings. The highest BCUT2D eigenvalue weighted by molar-refractivity contribution is 6.66. The second-order valence-corrected chi connectivity index (χ2v) is 5.67. The van der Waals surface area contributed by atoms with E-state index in [4.69, 9.17) is 20.9 Å². The molecule has 0 unspecified atom stereocenters. The lowest BCUT2D eigenvalue weighted by Crippen LogP contribution is -2.41. The first-order valence-corrected chi connectivity index (χ1v) is 5.95. The molecule has 1 N–H and O–H groups in total. The van der Waals surface area contributed by atoms with E-state index < -0.39 is 18.3 Å². The fraction of sp³-hybridized carbons (Fsp3) is 0.500. The van der Waals surface area contributed by atoms with Crippen molar-refractivity contribution in [3.63, 3.8) is 0 Å². The van der Waals surface area contributed by atoms with Gasteiger partial charge < -0.3 is 14.4 Å². The van der Waals surface area contributed by atoms with Crippen molar-refractivity contribution in [2.75, 3.05) is 0 Å². The number of hydrogen-bond donors (Lipinski definition) is 1. The van der Waals surface area contributed by atoms with Crippen molar-refractivity contribution < 1.29 is 14.4 Å². The summed E-state index contributed by atoms with van der Waals surface area (Å²) < 4.78 is 11.7. The van der Waals surface area contributed by atoms with E-state index in [0.717, 1.165) is 0 Å². The normalized spacial score (nSPS) is 21.8. The van der Waals surface area contributed by atoms with Crippen LogP contribution in [-0.2, 0) is 9.31 Å². The molecule has 1 aromatic rings. The largest absolute Gasteiger partial charge is 0.508 e. The summed E-state index contributed by atoms with van der Waals surface area (Å²) in [6, 6.07) is 4.97. The summed E-state index contributed by atoms with van der Waals surface area (Å²) in [7, 11) is -0.631. The molecule has 0 spiro atoms. The summed E-state index contributed by atoms with van der Waals surface area (Å²) in [5.41, 5.74) is -0.389. The Labute approximate surface area is 107 Å². The van der Waals surface area contributed by atoms with Crippen LogP contribution >= 0.6 is 11.6 Å². The Kier molecular flexibility index (Phi) is 2.93. The Balaban J connectivity index is 2.39. The predicted octanol–water partition coefficient (Wildman–Crippen LogP) is 2.34. The maximum absolute atomic E-state index is 9.85. The van der Waals surface area contributed by atoms with Gasteiger partial charge in [0.2, 0.25) is 0 Å². The first-order chi connectivity index (χ1) is 7.74. The van der Waals surface area contributed by atoms with Gasteiger partial charge in [-0.15, -0.1) is 0 Å². The lowest BCUT2D eigenvalue weighted by molar-refractivity contribution is 0.00578. The van der Waals surface area contributed by atoms with E-state index in [-0.39, 0.29) is 5.75 Å². The van der Waals surface area contributed by atoms with Gasteiger partial charge in [0.1, 0.15) is 5.75 Å².